The molecule has 1 atom stereocenters. The molecule has 1 unspecified atom stereocenters. The Kier molecular flexibility index (Phi) is 3.79. The van der Waals surface area contributed by atoms with Gasteiger partial charge in [-0.2, -0.15) is 11.8 Å². The summed E-state index contributed by atoms with van der Waals surface area (Å²) in [4.78, 5) is 17.9. The van der Waals surface area contributed by atoms with Gasteiger partial charge < -0.3 is 5.32 Å². The molecule has 4 nitrogen and oxygen atoms in total. The second-order valence-electron chi connectivity index (χ2n) is 3.67. The van der Waals surface area contributed by atoms with Crippen LogP contribution in [0.3, 0.4) is 0 Å². The molecule has 1 aromatic rings. The van der Waals surface area contributed by atoms with E-state index in [1.807, 2.05) is 30.0 Å². The SMILES string of the molecule is CN(C(=O)C1CSCCN1)c1ccccn1. The van der Waals surface area contributed by atoms with Crippen LogP contribution in [0.15, 0.2) is 24.4 Å². The van der Waals surface area contributed by atoms with Crippen molar-refractivity contribution in [3.05, 3.63) is 24.4 Å². The standard InChI is InChI=1S/C11H15N3OS/c1-14(10-4-2-3-5-13-10)11(15)9-8-16-7-6-12-9/h2-5,9,12H,6-8H2,1H3. The molecular formula is C11H15N3OS. The number of aromatic nitrogens is 1. The highest BCUT2D eigenvalue weighted by molar-refractivity contribution is 7.99. The number of nitrogens with zero attached hydrogens (tertiary/aromatic N) is 2. The lowest BCUT2D eigenvalue weighted by Gasteiger charge is -2.26. The summed E-state index contributed by atoms with van der Waals surface area (Å²) in [5, 5.41) is 3.23. The third kappa shape index (κ3) is 2.54. The summed E-state index contributed by atoms with van der Waals surface area (Å²) in [6.45, 7) is 0.900. The Morgan fingerprint density at radius 2 is 2.50 bits per heavy atom. The Hall–Kier alpha value is -1.07. The number of carbonyl (C=O) groups is 1. The molecule has 1 amide bonds. The summed E-state index contributed by atoms with van der Waals surface area (Å²) in [5.74, 6) is 2.71. The number of nitrogens with one attached hydrogen (secondary N) is 1. The molecule has 5 heteroatoms. The third-order valence-electron chi connectivity index (χ3n) is 2.54. The second kappa shape index (κ2) is 5.32. The van der Waals surface area contributed by atoms with Crippen molar-refractivity contribution in [3.8, 4) is 0 Å². The fraction of sp³-hybridized carbons (Fsp3) is 0.455. The predicted octanol–water partition coefficient (Wildman–Crippen LogP) is 0.749. The molecule has 0 aromatic carbocycles. The molecular weight excluding hydrogens is 222 g/mol. The van der Waals surface area contributed by atoms with E-state index in [0.29, 0.717) is 5.82 Å². The lowest BCUT2D eigenvalue weighted by Crippen LogP contribution is -2.49. The summed E-state index contributed by atoms with van der Waals surface area (Å²) in [6.07, 6.45) is 1.70. The van der Waals surface area contributed by atoms with E-state index in [1.54, 1.807) is 18.1 Å². The molecule has 0 radical (unpaired) electrons. The van der Waals surface area contributed by atoms with Crippen LogP contribution in [-0.2, 0) is 4.79 Å². The van der Waals surface area contributed by atoms with Crippen LogP contribution in [0.2, 0.25) is 0 Å². The topological polar surface area (TPSA) is 45.2 Å². The number of rotatable bonds is 2. The van der Waals surface area contributed by atoms with Gasteiger partial charge in [-0.1, -0.05) is 6.07 Å². The maximum atomic E-state index is 12.1. The van der Waals surface area contributed by atoms with E-state index in [9.17, 15) is 4.79 Å². The van der Waals surface area contributed by atoms with Crippen molar-refractivity contribution in [2.75, 3.05) is 30.0 Å². The maximum absolute atomic E-state index is 12.1. The number of anilines is 1. The van der Waals surface area contributed by atoms with E-state index in [4.69, 9.17) is 0 Å². The number of likely N-dealkylation sites (N-methyl/N-ethyl adjacent to an activating group) is 1. The Labute approximate surface area is 99.4 Å². The Morgan fingerprint density at radius 1 is 1.62 bits per heavy atom. The monoisotopic (exact) mass is 237 g/mol. The van der Waals surface area contributed by atoms with Crippen molar-refractivity contribution in [2.45, 2.75) is 6.04 Å². The van der Waals surface area contributed by atoms with Gasteiger partial charge in [-0.05, 0) is 12.1 Å². The highest BCUT2D eigenvalue weighted by atomic mass is 32.2. The van der Waals surface area contributed by atoms with Crippen molar-refractivity contribution in [1.82, 2.24) is 10.3 Å². The van der Waals surface area contributed by atoms with Crippen LogP contribution in [0.4, 0.5) is 5.82 Å². The first-order valence-electron chi connectivity index (χ1n) is 5.29. The molecule has 16 heavy (non-hydrogen) atoms. The van der Waals surface area contributed by atoms with E-state index in [-0.39, 0.29) is 11.9 Å². The van der Waals surface area contributed by atoms with Crippen LogP contribution in [0.25, 0.3) is 0 Å². The predicted molar refractivity (Wildman–Crippen MR) is 66.8 cm³/mol. The van der Waals surface area contributed by atoms with Gasteiger partial charge in [0.15, 0.2) is 0 Å². The smallest absolute Gasteiger partial charge is 0.245 e. The average Bonchev–Trinajstić information content (AvgIpc) is 2.39. The maximum Gasteiger partial charge on any atom is 0.245 e. The molecule has 0 saturated carbocycles. The number of hydrogen-bond donors (Lipinski definition) is 1. The van der Waals surface area contributed by atoms with Crippen molar-refractivity contribution < 1.29 is 4.79 Å². The molecule has 0 bridgehead atoms. The fourth-order valence-corrected chi connectivity index (χ4v) is 2.55. The van der Waals surface area contributed by atoms with Gasteiger partial charge in [0.05, 0.1) is 6.04 Å². The minimum Gasteiger partial charge on any atom is -0.304 e. The minimum atomic E-state index is -0.0780. The van der Waals surface area contributed by atoms with Gasteiger partial charge in [0, 0.05) is 31.3 Å². The molecule has 1 saturated heterocycles. The zero-order valence-corrected chi connectivity index (χ0v) is 10.0. The number of pyridine rings is 1. The first-order valence-corrected chi connectivity index (χ1v) is 6.44. The van der Waals surface area contributed by atoms with Gasteiger partial charge in [0.25, 0.3) is 0 Å². The van der Waals surface area contributed by atoms with Crippen LogP contribution in [0.5, 0.6) is 0 Å². The van der Waals surface area contributed by atoms with Gasteiger partial charge in [-0.15, -0.1) is 0 Å². The minimum absolute atomic E-state index is 0.0780. The summed E-state index contributed by atoms with van der Waals surface area (Å²) < 4.78 is 0. The number of hydrogen-bond acceptors (Lipinski definition) is 4. The molecule has 0 spiro atoms. The highest BCUT2D eigenvalue weighted by Crippen LogP contribution is 2.13. The summed E-state index contributed by atoms with van der Waals surface area (Å²) >= 11 is 1.81. The molecule has 0 aliphatic carbocycles. The Morgan fingerprint density at radius 3 is 3.12 bits per heavy atom. The van der Waals surface area contributed by atoms with Crippen LogP contribution in [0.1, 0.15) is 0 Å². The average molecular weight is 237 g/mol. The second-order valence-corrected chi connectivity index (χ2v) is 4.82. The van der Waals surface area contributed by atoms with Crippen LogP contribution >= 0.6 is 11.8 Å². The summed E-state index contributed by atoms with van der Waals surface area (Å²) in [5.41, 5.74) is 0. The number of amides is 1. The Balaban J connectivity index is 2.04. The largest absolute Gasteiger partial charge is 0.304 e. The van der Waals surface area contributed by atoms with E-state index in [2.05, 4.69) is 10.3 Å². The summed E-state index contributed by atoms with van der Waals surface area (Å²) in [6, 6.07) is 5.49. The van der Waals surface area contributed by atoms with Crippen molar-refractivity contribution >= 4 is 23.5 Å². The van der Waals surface area contributed by atoms with Crippen LogP contribution in [0, 0.1) is 0 Å². The van der Waals surface area contributed by atoms with Gasteiger partial charge in [0.1, 0.15) is 5.82 Å². The normalized spacial score (nSPS) is 20.4. The molecule has 1 aromatic heterocycles. The van der Waals surface area contributed by atoms with Gasteiger partial charge in [0.2, 0.25) is 5.91 Å². The molecule has 1 aliphatic rings. The van der Waals surface area contributed by atoms with E-state index < -0.39 is 0 Å². The number of thioether (sulfide) groups is 1. The highest BCUT2D eigenvalue weighted by Gasteiger charge is 2.24. The van der Waals surface area contributed by atoms with Gasteiger partial charge >= 0.3 is 0 Å². The van der Waals surface area contributed by atoms with Gasteiger partial charge in [-0.25, -0.2) is 4.98 Å². The first-order chi connectivity index (χ1) is 7.79. The molecule has 1 aliphatic heterocycles. The van der Waals surface area contributed by atoms with E-state index >= 15 is 0 Å². The van der Waals surface area contributed by atoms with Crippen molar-refractivity contribution in [1.29, 1.82) is 0 Å². The quantitative estimate of drug-likeness (QED) is 0.824. The molecule has 2 heterocycles. The third-order valence-corrected chi connectivity index (χ3v) is 3.61. The van der Waals surface area contributed by atoms with Crippen LogP contribution < -0.4 is 10.2 Å². The van der Waals surface area contributed by atoms with Crippen molar-refractivity contribution in [3.63, 3.8) is 0 Å². The molecule has 86 valence electrons. The fourth-order valence-electron chi connectivity index (χ4n) is 1.62. The zero-order chi connectivity index (χ0) is 11.4. The summed E-state index contributed by atoms with van der Waals surface area (Å²) in [7, 11) is 1.77. The van der Waals surface area contributed by atoms with E-state index in [1.165, 1.54) is 0 Å². The molecule has 1 N–H and O–H groups in total. The van der Waals surface area contributed by atoms with Crippen molar-refractivity contribution in [2.24, 2.45) is 0 Å². The molecule has 1 fully saturated rings. The lowest BCUT2D eigenvalue weighted by atomic mass is 10.3. The van der Waals surface area contributed by atoms with E-state index in [0.717, 1.165) is 18.1 Å². The lowest BCUT2D eigenvalue weighted by molar-refractivity contribution is -0.119. The Bertz CT molecular complexity index is 352. The first kappa shape index (κ1) is 11.4. The van der Waals surface area contributed by atoms with Gasteiger partial charge in [-0.3, -0.25) is 9.69 Å². The number of carbonyl (C=O) groups excluding carboxylic acids is 1. The van der Waals surface area contributed by atoms with Crippen LogP contribution in [-0.4, -0.2) is 42.0 Å². The zero-order valence-electron chi connectivity index (χ0n) is 9.22. The molecule has 2 rings (SSSR count).